The number of likely N-dealkylation sites (N-methyl/N-ethyl adjacent to an activating group) is 1. The van der Waals surface area contributed by atoms with Crippen molar-refractivity contribution in [3.63, 3.8) is 0 Å². The third-order valence-electron chi connectivity index (χ3n) is 2.84. The zero-order chi connectivity index (χ0) is 16.0. The number of sulfonamides is 1. The molecule has 0 aliphatic rings. The predicted molar refractivity (Wildman–Crippen MR) is 83.1 cm³/mol. The van der Waals surface area contributed by atoms with Gasteiger partial charge in [0, 0.05) is 6.54 Å². The van der Waals surface area contributed by atoms with Gasteiger partial charge in [-0.05, 0) is 45.0 Å². The van der Waals surface area contributed by atoms with E-state index in [2.05, 4.69) is 5.32 Å². The van der Waals surface area contributed by atoms with E-state index in [-0.39, 0.29) is 5.91 Å². The maximum absolute atomic E-state index is 12.0. The molecule has 0 radical (unpaired) electrons. The molecule has 0 aromatic heterocycles. The summed E-state index contributed by atoms with van der Waals surface area (Å²) in [7, 11) is -3.57. The molecular formula is C14H22N2O4S. The number of nitrogens with one attached hydrogen (secondary N) is 1. The second kappa shape index (κ2) is 7.31. The summed E-state index contributed by atoms with van der Waals surface area (Å²) in [6, 6.07) is 5.80. The number of amides is 1. The van der Waals surface area contributed by atoms with Gasteiger partial charge in [-0.15, -0.1) is 0 Å². The zero-order valence-corrected chi connectivity index (χ0v) is 13.6. The second-order valence-corrected chi connectivity index (χ2v) is 6.42. The highest BCUT2D eigenvalue weighted by Gasteiger charge is 2.28. The summed E-state index contributed by atoms with van der Waals surface area (Å²) in [5.41, 5.74) is 0.430. The molecule has 1 aromatic carbocycles. The van der Waals surface area contributed by atoms with E-state index in [9.17, 15) is 13.2 Å². The van der Waals surface area contributed by atoms with E-state index in [4.69, 9.17) is 4.74 Å². The lowest BCUT2D eigenvalue weighted by Gasteiger charge is -2.28. The van der Waals surface area contributed by atoms with Crippen LogP contribution in [0.4, 0.5) is 5.69 Å². The number of ether oxygens (including phenoxy) is 1. The van der Waals surface area contributed by atoms with Gasteiger partial charge in [0.2, 0.25) is 15.9 Å². The average molecular weight is 314 g/mol. The number of anilines is 1. The Morgan fingerprint density at radius 3 is 2.29 bits per heavy atom. The molecule has 0 saturated carbocycles. The highest BCUT2D eigenvalue weighted by molar-refractivity contribution is 7.92. The van der Waals surface area contributed by atoms with Crippen LogP contribution in [0.15, 0.2) is 24.3 Å². The number of carbonyl (C=O) groups excluding carboxylic acids is 1. The highest BCUT2D eigenvalue weighted by Crippen LogP contribution is 2.23. The molecule has 1 aromatic rings. The van der Waals surface area contributed by atoms with Crippen LogP contribution in [0.2, 0.25) is 0 Å². The molecule has 21 heavy (non-hydrogen) atoms. The summed E-state index contributed by atoms with van der Waals surface area (Å²) in [6.07, 6.45) is 1.08. The largest absolute Gasteiger partial charge is 0.494 e. The first kappa shape index (κ1) is 17.3. The topological polar surface area (TPSA) is 75.7 Å². The molecule has 0 bridgehead atoms. The molecule has 0 aliphatic heterocycles. The van der Waals surface area contributed by atoms with E-state index in [1.54, 1.807) is 38.1 Å². The molecule has 0 saturated heterocycles. The third-order valence-corrected chi connectivity index (χ3v) is 4.08. The van der Waals surface area contributed by atoms with Gasteiger partial charge in [0.1, 0.15) is 11.8 Å². The monoisotopic (exact) mass is 314 g/mol. The van der Waals surface area contributed by atoms with Crippen molar-refractivity contribution >= 4 is 21.6 Å². The lowest BCUT2D eigenvalue weighted by molar-refractivity contribution is -0.121. The van der Waals surface area contributed by atoms with Crippen molar-refractivity contribution in [2.24, 2.45) is 0 Å². The summed E-state index contributed by atoms with van der Waals surface area (Å²) < 4.78 is 30.4. The van der Waals surface area contributed by atoms with Crippen molar-refractivity contribution in [2.75, 3.05) is 23.7 Å². The predicted octanol–water partition coefficient (Wildman–Crippen LogP) is 1.38. The third kappa shape index (κ3) is 4.63. The molecule has 0 aliphatic carbocycles. The quantitative estimate of drug-likeness (QED) is 0.825. The Bertz CT molecular complexity index is 569. The van der Waals surface area contributed by atoms with Crippen molar-refractivity contribution < 1.29 is 17.9 Å². The van der Waals surface area contributed by atoms with Gasteiger partial charge >= 0.3 is 0 Å². The summed E-state index contributed by atoms with van der Waals surface area (Å²) in [6.45, 7) is 6.19. The first-order valence-corrected chi connectivity index (χ1v) is 8.66. The van der Waals surface area contributed by atoms with E-state index < -0.39 is 16.1 Å². The molecule has 118 valence electrons. The molecule has 6 nitrogen and oxygen atoms in total. The maximum Gasteiger partial charge on any atom is 0.243 e. The summed E-state index contributed by atoms with van der Waals surface area (Å²) in [5, 5.41) is 2.63. The van der Waals surface area contributed by atoms with Crippen molar-refractivity contribution in [3.8, 4) is 5.75 Å². The van der Waals surface area contributed by atoms with Crippen LogP contribution < -0.4 is 14.4 Å². The highest BCUT2D eigenvalue weighted by atomic mass is 32.2. The Hall–Kier alpha value is -1.76. The van der Waals surface area contributed by atoms with Gasteiger partial charge < -0.3 is 10.1 Å². The van der Waals surface area contributed by atoms with Gasteiger partial charge in [-0.3, -0.25) is 9.10 Å². The van der Waals surface area contributed by atoms with Gasteiger partial charge in [0.15, 0.2) is 0 Å². The molecule has 1 amide bonds. The van der Waals surface area contributed by atoms with Crippen molar-refractivity contribution in [1.82, 2.24) is 5.32 Å². The van der Waals surface area contributed by atoms with Gasteiger partial charge in [-0.1, -0.05) is 0 Å². The lowest BCUT2D eigenvalue weighted by atomic mass is 10.2. The fourth-order valence-electron chi connectivity index (χ4n) is 1.99. The van der Waals surface area contributed by atoms with Gasteiger partial charge in [-0.2, -0.15) is 0 Å². The van der Waals surface area contributed by atoms with Crippen LogP contribution >= 0.6 is 0 Å². The summed E-state index contributed by atoms with van der Waals surface area (Å²) in [5.74, 6) is 0.317. The van der Waals surface area contributed by atoms with Crippen LogP contribution in [0.3, 0.4) is 0 Å². The molecule has 0 unspecified atom stereocenters. The number of carbonyl (C=O) groups is 1. The number of hydrogen-bond donors (Lipinski definition) is 1. The molecule has 0 spiro atoms. The zero-order valence-electron chi connectivity index (χ0n) is 12.8. The van der Waals surface area contributed by atoms with E-state index >= 15 is 0 Å². The minimum Gasteiger partial charge on any atom is -0.494 e. The van der Waals surface area contributed by atoms with Crippen molar-refractivity contribution in [2.45, 2.75) is 26.8 Å². The molecule has 1 rings (SSSR count). The first-order valence-electron chi connectivity index (χ1n) is 6.81. The number of hydrogen-bond acceptors (Lipinski definition) is 4. The number of nitrogens with zero attached hydrogens (tertiary/aromatic N) is 1. The normalized spacial score (nSPS) is 12.6. The Morgan fingerprint density at radius 2 is 1.86 bits per heavy atom. The number of benzene rings is 1. The fourth-order valence-corrected chi connectivity index (χ4v) is 3.16. The summed E-state index contributed by atoms with van der Waals surface area (Å²) in [4.78, 5) is 11.9. The average Bonchev–Trinajstić information content (AvgIpc) is 2.40. The van der Waals surface area contributed by atoms with Crippen LogP contribution in [0.1, 0.15) is 20.8 Å². The van der Waals surface area contributed by atoms with Crippen LogP contribution in [0.5, 0.6) is 5.75 Å². The van der Waals surface area contributed by atoms with Crippen LogP contribution in [-0.2, 0) is 14.8 Å². The van der Waals surface area contributed by atoms with Crippen LogP contribution in [0, 0.1) is 0 Å². The van der Waals surface area contributed by atoms with E-state index in [1.807, 2.05) is 6.92 Å². The second-order valence-electron chi connectivity index (χ2n) is 4.56. The molecule has 0 fully saturated rings. The van der Waals surface area contributed by atoms with Gasteiger partial charge in [0.05, 0.1) is 18.6 Å². The van der Waals surface area contributed by atoms with Gasteiger partial charge in [0.25, 0.3) is 0 Å². The summed E-state index contributed by atoms with van der Waals surface area (Å²) >= 11 is 0. The van der Waals surface area contributed by atoms with Crippen LogP contribution in [0.25, 0.3) is 0 Å². The van der Waals surface area contributed by atoms with Crippen molar-refractivity contribution in [3.05, 3.63) is 24.3 Å². The van der Waals surface area contributed by atoms with Crippen molar-refractivity contribution in [1.29, 1.82) is 0 Å². The van der Waals surface area contributed by atoms with Crippen LogP contribution in [-0.4, -0.2) is 39.8 Å². The Labute approximate surface area is 126 Å². The molecule has 0 heterocycles. The Kier molecular flexibility index (Phi) is 6.02. The molecule has 1 atom stereocenters. The Morgan fingerprint density at radius 1 is 1.29 bits per heavy atom. The standard InChI is InChI=1S/C14H22N2O4S/c1-5-15-14(17)11(3)16(21(4,18)19)12-7-9-13(10-8-12)20-6-2/h7-11H,5-6H2,1-4H3,(H,15,17)/t11-/m1/s1. The number of rotatable bonds is 7. The lowest BCUT2D eigenvalue weighted by Crippen LogP contribution is -2.47. The van der Waals surface area contributed by atoms with E-state index in [0.29, 0.717) is 24.6 Å². The minimum absolute atomic E-state index is 0.336. The smallest absolute Gasteiger partial charge is 0.243 e. The van der Waals surface area contributed by atoms with E-state index in [0.717, 1.165) is 10.6 Å². The first-order chi connectivity index (χ1) is 9.81. The molecular weight excluding hydrogens is 292 g/mol. The van der Waals surface area contributed by atoms with Gasteiger partial charge in [-0.25, -0.2) is 8.42 Å². The minimum atomic E-state index is -3.57. The fraction of sp³-hybridized carbons (Fsp3) is 0.500. The maximum atomic E-state index is 12.0. The Balaban J connectivity index is 3.11. The molecule has 7 heteroatoms. The van der Waals surface area contributed by atoms with E-state index in [1.165, 1.54) is 0 Å². The molecule has 1 N–H and O–H groups in total. The SMILES string of the molecule is CCNC(=O)[C@@H](C)N(c1ccc(OCC)cc1)S(C)(=O)=O.